The van der Waals surface area contributed by atoms with E-state index in [1.165, 1.54) is 0 Å². The fraction of sp³-hybridized carbons (Fsp3) is 0.625. The normalized spacial score (nSPS) is 13.1. The topological polar surface area (TPSA) is 55.4 Å². The molecule has 0 aliphatic carbocycles. The molecule has 0 aliphatic heterocycles. The van der Waals surface area contributed by atoms with Gasteiger partial charge in [-0.25, -0.2) is 4.79 Å². The zero-order valence-corrected chi connectivity index (χ0v) is 14.7. The fourth-order valence-corrected chi connectivity index (χ4v) is 2.86. The van der Waals surface area contributed by atoms with Gasteiger partial charge < -0.3 is 10.1 Å². The van der Waals surface area contributed by atoms with Crippen LogP contribution in [0.4, 0.5) is 0 Å². The van der Waals surface area contributed by atoms with Crippen LogP contribution in [0.25, 0.3) is 0 Å². The molecule has 0 aliphatic rings. The van der Waals surface area contributed by atoms with Crippen LogP contribution in [0.2, 0.25) is 0 Å². The van der Waals surface area contributed by atoms with Crippen LogP contribution in [-0.4, -0.2) is 23.5 Å². The molecule has 0 fully saturated rings. The third kappa shape index (κ3) is 5.16. The molecule has 5 heteroatoms. The number of esters is 1. The van der Waals surface area contributed by atoms with Gasteiger partial charge in [-0.15, -0.1) is 11.3 Å². The van der Waals surface area contributed by atoms with E-state index in [4.69, 9.17) is 4.74 Å². The van der Waals surface area contributed by atoms with Crippen molar-refractivity contribution < 1.29 is 14.3 Å². The Balaban J connectivity index is 2.86. The van der Waals surface area contributed by atoms with Crippen molar-refractivity contribution in [3.05, 3.63) is 21.4 Å². The molecule has 1 amide bonds. The lowest BCUT2D eigenvalue weighted by Gasteiger charge is -2.26. The third-order valence-corrected chi connectivity index (χ3v) is 3.87. The van der Waals surface area contributed by atoms with Gasteiger partial charge in [0.15, 0.2) is 0 Å². The lowest BCUT2D eigenvalue weighted by atomic mass is 10.0. The third-order valence-electron chi connectivity index (χ3n) is 2.90. The summed E-state index contributed by atoms with van der Waals surface area (Å²) in [6.45, 7) is 13.1. The molecular weight excluding hydrogens is 286 g/mol. The van der Waals surface area contributed by atoms with Crippen molar-refractivity contribution in [1.29, 1.82) is 0 Å². The second kappa shape index (κ2) is 6.60. The van der Waals surface area contributed by atoms with Gasteiger partial charge in [0.1, 0.15) is 11.6 Å². The molecule has 1 rings (SSSR count). The Morgan fingerprint density at radius 2 is 1.81 bits per heavy atom. The Hall–Kier alpha value is -1.36. The molecule has 4 nitrogen and oxygen atoms in total. The lowest BCUT2D eigenvalue weighted by Crippen LogP contribution is -2.47. The van der Waals surface area contributed by atoms with Crippen LogP contribution < -0.4 is 5.32 Å². The number of nitrogens with one attached hydrogen (secondary N) is 1. The molecule has 1 N–H and O–H groups in total. The van der Waals surface area contributed by atoms with Crippen LogP contribution in [0, 0.1) is 19.8 Å². The van der Waals surface area contributed by atoms with E-state index in [1.807, 2.05) is 54.5 Å². The number of amides is 1. The van der Waals surface area contributed by atoms with Gasteiger partial charge in [-0.1, -0.05) is 13.8 Å². The summed E-state index contributed by atoms with van der Waals surface area (Å²) in [6.07, 6.45) is 0. The van der Waals surface area contributed by atoms with Crippen LogP contribution >= 0.6 is 11.3 Å². The number of rotatable bonds is 4. The van der Waals surface area contributed by atoms with Gasteiger partial charge in [-0.3, -0.25) is 4.79 Å². The molecule has 1 atom stereocenters. The maximum Gasteiger partial charge on any atom is 0.329 e. The predicted octanol–water partition coefficient (Wildman–Crippen LogP) is 3.46. The SMILES string of the molecule is Cc1cc(C(=O)N[C@H](C(=O)OC(C)(C)C)C(C)C)c(C)s1. The summed E-state index contributed by atoms with van der Waals surface area (Å²) in [5.41, 5.74) is 0.0656. The fourth-order valence-electron chi connectivity index (χ4n) is 1.94. The summed E-state index contributed by atoms with van der Waals surface area (Å²) in [5.74, 6) is -0.652. The smallest absolute Gasteiger partial charge is 0.329 e. The van der Waals surface area contributed by atoms with Crippen molar-refractivity contribution in [3.8, 4) is 0 Å². The largest absolute Gasteiger partial charge is 0.458 e. The van der Waals surface area contributed by atoms with E-state index in [0.717, 1.165) is 9.75 Å². The molecule has 1 aromatic rings. The molecule has 0 unspecified atom stereocenters. The molecule has 21 heavy (non-hydrogen) atoms. The van der Waals surface area contributed by atoms with Crippen molar-refractivity contribution in [3.63, 3.8) is 0 Å². The van der Waals surface area contributed by atoms with Crippen LogP contribution in [0.3, 0.4) is 0 Å². The van der Waals surface area contributed by atoms with E-state index in [-0.39, 0.29) is 11.8 Å². The van der Waals surface area contributed by atoms with Crippen molar-refractivity contribution in [2.45, 2.75) is 60.1 Å². The summed E-state index contributed by atoms with van der Waals surface area (Å²) < 4.78 is 5.38. The standard InChI is InChI=1S/C16H25NO3S/c1-9(2)13(15(19)20-16(5,6)7)17-14(18)12-8-10(3)21-11(12)4/h8-9,13H,1-7H3,(H,17,18)/t13-/m0/s1. The first-order valence-electron chi connectivity index (χ1n) is 7.12. The number of hydrogen-bond donors (Lipinski definition) is 1. The average Bonchev–Trinajstić information content (AvgIpc) is 2.62. The minimum Gasteiger partial charge on any atom is -0.458 e. The molecule has 0 spiro atoms. The molecule has 1 heterocycles. The van der Waals surface area contributed by atoms with E-state index < -0.39 is 17.6 Å². The van der Waals surface area contributed by atoms with Crippen LogP contribution in [0.1, 0.15) is 54.7 Å². The Morgan fingerprint density at radius 3 is 2.19 bits per heavy atom. The summed E-state index contributed by atoms with van der Waals surface area (Å²) in [6, 6.07) is 1.21. The van der Waals surface area contributed by atoms with Gasteiger partial charge in [0.05, 0.1) is 5.56 Å². The maximum absolute atomic E-state index is 12.4. The van der Waals surface area contributed by atoms with Crippen molar-refractivity contribution in [1.82, 2.24) is 5.32 Å². The Kier molecular flexibility index (Phi) is 5.56. The van der Waals surface area contributed by atoms with E-state index in [2.05, 4.69) is 5.32 Å². The minimum atomic E-state index is -0.642. The van der Waals surface area contributed by atoms with Gasteiger partial charge in [-0.05, 0) is 46.6 Å². The summed E-state index contributed by atoms with van der Waals surface area (Å²) in [4.78, 5) is 26.6. The zero-order chi connectivity index (χ0) is 16.4. The van der Waals surface area contributed by atoms with Crippen molar-refractivity contribution >= 4 is 23.2 Å². The molecule has 0 aromatic carbocycles. The first-order valence-corrected chi connectivity index (χ1v) is 7.93. The van der Waals surface area contributed by atoms with Gasteiger partial charge in [-0.2, -0.15) is 0 Å². The second-order valence-electron chi connectivity index (χ2n) is 6.56. The molecular formula is C16H25NO3S. The molecule has 1 aromatic heterocycles. The molecule has 0 saturated carbocycles. The highest BCUT2D eigenvalue weighted by molar-refractivity contribution is 7.12. The monoisotopic (exact) mass is 311 g/mol. The highest BCUT2D eigenvalue weighted by atomic mass is 32.1. The zero-order valence-electron chi connectivity index (χ0n) is 13.9. The van der Waals surface area contributed by atoms with E-state index in [1.54, 1.807) is 11.3 Å². The summed E-state index contributed by atoms with van der Waals surface area (Å²) >= 11 is 1.57. The lowest BCUT2D eigenvalue weighted by molar-refractivity contribution is -0.158. The van der Waals surface area contributed by atoms with Crippen LogP contribution in [-0.2, 0) is 9.53 Å². The highest BCUT2D eigenvalue weighted by Crippen LogP contribution is 2.21. The van der Waals surface area contributed by atoms with Crippen LogP contribution in [0.5, 0.6) is 0 Å². The number of carbonyl (C=O) groups is 2. The second-order valence-corrected chi connectivity index (χ2v) is 8.02. The van der Waals surface area contributed by atoms with E-state index in [0.29, 0.717) is 5.56 Å². The maximum atomic E-state index is 12.4. The Bertz CT molecular complexity index is 526. The van der Waals surface area contributed by atoms with Crippen molar-refractivity contribution in [2.75, 3.05) is 0 Å². The van der Waals surface area contributed by atoms with Gasteiger partial charge in [0.2, 0.25) is 0 Å². The molecule has 0 saturated heterocycles. The average molecular weight is 311 g/mol. The van der Waals surface area contributed by atoms with Crippen molar-refractivity contribution in [2.24, 2.45) is 5.92 Å². The van der Waals surface area contributed by atoms with Gasteiger partial charge in [0, 0.05) is 9.75 Å². The first-order chi connectivity index (χ1) is 9.51. The highest BCUT2D eigenvalue weighted by Gasteiger charge is 2.30. The van der Waals surface area contributed by atoms with E-state index >= 15 is 0 Å². The number of thiophene rings is 1. The minimum absolute atomic E-state index is 0.0381. The number of carbonyl (C=O) groups excluding carboxylic acids is 2. The summed E-state index contributed by atoms with van der Waals surface area (Å²) in [7, 11) is 0. The van der Waals surface area contributed by atoms with Gasteiger partial charge in [0.25, 0.3) is 5.91 Å². The first kappa shape index (κ1) is 17.7. The Morgan fingerprint density at radius 1 is 1.24 bits per heavy atom. The predicted molar refractivity (Wildman–Crippen MR) is 85.7 cm³/mol. The van der Waals surface area contributed by atoms with Crippen LogP contribution in [0.15, 0.2) is 6.07 Å². The quantitative estimate of drug-likeness (QED) is 0.866. The number of aryl methyl sites for hydroxylation is 2. The molecule has 118 valence electrons. The molecule has 0 bridgehead atoms. The number of hydrogen-bond acceptors (Lipinski definition) is 4. The molecule has 0 radical (unpaired) electrons. The number of ether oxygens (including phenoxy) is 1. The summed E-state index contributed by atoms with van der Waals surface area (Å²) in [5, 5.41) is 2.80. The Labute approximate surface area is 130 Å². The van der Waals surface area contributed by atoms with Gasteiger partial charge >= 0.3 is 5.97 Å². The van der Waals surface area contributed by atoms with E-state index in [9.17, 15) is 9.59 Å².